The highest BCUT2D eigenvalue weighted by molar-refractivity contribution is 7.09. The van der Waals surface area contributed by atoms with Gasteiger partial charge in [-0.2, -0.15) is 0 Å². The van der Waals surface area contributed by atoms with E-state index < -0.39 is 0 Å². The maximum atomic E-state index is 13.1. The number of nitrogens with zero attached hydrogens (tertiary/aromatic N) is 3. The van der Waals surface area contributed by atoms with Crippen molar-refractivity contribution in [2.75, 3.05) is 39.3 Å². The lowest BCUT2D eigenvalue weighted by atomic mass is 9.64. The summed E-state index contributed by atoms with van der Waals surface area (Å²) in [4.78, 5) is 22.9. The Kier molecular flexibility index (Phi) is 4.73. The summed E-state index contributed by atoms with van der Waals surface area (Å²) in [5, 5.41) is 6.43. The first-order chi connectivity index (χ1) is 13.7. The van der Waals surface area contributed by atoms with E-state index in [0.29, 0.717) is 11.6 Å². The molecule has 1 N–H and O–H groups in total. The maximum Gasteiger partial charge on any atom is 0.271 e. The molecule has 2 aromatic rings. The molecule has 0 saturated carbocycles. The van der Waals surface area contributed by atoms with Crippen molar-refractivity contribution < 1.29 is 4.79 Å². The van der Waals surface area contributed by atoms with E-state index in [0.717, 1.165) is 57.1 Å². The van der Waals surface area contributed by atoms with E-state index in [1.807, 2.05) is 5.38 Å². The average Bonchev–Trinajstić information content (AvgIpc) is 3.03. The van der Waals surface area contributed by atoms with Gasteiger partial charge in [-0.1, -0.05) is 37.3 Å². The summed E-state index contributed by atoms with van der Waals surface area (Å²) in [6, 6.07) is 11.0. The van der Waals surface area contributed by atoms with Crippen molar-refractivity contribution in [2.24, 2.45) is 5.92 Å². The minimum Gasteiger partial charge on any atom is -0.347 e. The van der Waals surface area contributed by atoms with Crippen molar-refractivity contribution in [1.82, 2.24) is 20.1 Å². The third-order valence-electron chi connectivity index (χ3n) is 6.68. The number of aromatic nitrogens is 1. The maximum absolute atomic E-state index is 13.1. The molecule has 28 heavy (non-hydrogen) atoms. The Labute approximate surface area is 170 Å². The second-order valence-electron chi connectivity index (χ2n) is 8.58. The number of aryl methyl sites for hydroxylation is 1. The molecule has 5 heterocycles. The molecule has 4 aliphatic rings. The number of amides is 1. The quantitative estimate of drug-likeness (QED) is 0.843. The van der Waals surface area contributed by atoms with E-state index in [2.05, 4.69) is 57.4 Å². The van der Waals surface area contributed by atoms with Gasteiger partial charge >= 0.3 is 0 Å². The normalized spacial score (nSPS) is 33.6. The molecule has 6 heteroatoms. The van der Waals surface area contributed by atoms with Gasteiger partial charge in [0.1, 0.15) is 5.69 Å². The Morgan fingerprint density at radius 1 is 1.21 bits per heavy atom. The summed E-state index contributed by atoms with van der Waals surface area (Å²) >= 11 is 1.60. The van der Waals surface area contributed by atoms with Gasteiger partial charge in [-0.15, -0.1) is 11.3 Å². The molecule has 4 bridgehead atoms. The van der Waals surface area contributed by atoms with E-state index in [-0.39, 0.29) is 17.4 Å². The van der Waals surface area contributed by atoms with Crippen molar-refractivity contribution in [3.8, 4) is 0 Å². The van der Waals surface area contributed by atoms with Crippen LogP contribution in [0.25, 0.3) is 0 Å². The van der Waals surface area contributed by atoms with Crippen LogP contribution < -0.4 is 5.32 Å². The molecule has 3 atom stereocenters. The van der Waals surface area contributed by atoms with Crippen molar-refractivity contribution in [2.45, 2.75) is 31.2 Å². The first kappa shape index (κ1) is 18.3. The number of carbonyl (C=O) groups excluding carboxylic acids is 1. The fraction of sp³-hybridized carbons (Fsp3) is 0.545. The number of benzene rings is 1. The Bertz CT molecular complexity index is 835. The topological polar surface area (TPSA) is 48.5 Å². The highest BCUT2D eigenvalue weighted by atomic mass is 32.1. The molecule has 0 spiro atoms. The second-order valence-corrected chi connectivity index (χ2v) is 9.52. The first-order valence-electron chi connectivity index (χ1n) is 10.4. The van der Waals surface area contributed by atoms with Gasteiger partial charge in [-0.3, -0.25) is 4.79 Å². The van der Waals surface area contributed by atoms with E-state index in [1.165, 1.54) is 5.56 Å². The number of fused-ring (bicyclic) bond motifs is 1. The third kappa shape index (κ3) is 3.08. The number of rotatable bonds is 5. The third-order valence-corrected chi connectivity index (χ3v) is 7.59. The first-order valence-corrected chi connectivity index (χ1v) is 11.3. The largest absolute Gasteiger partial charge is 0.347 e. The molecule has 1 aromatic carbocycles. The van der Waals surface area contributed by atoms with Crippen molar-refractivity contribution in [1.29, 1.82) is 0 Å². The highest BCUT2D eigenvalue weighted by Gasteiger charge is 2.55. The molecule has 4 saturated heterocycles. The van der Waals surface area contributed by atoms with E-state index in [1.54, 1.807) is 11.3 Å². The summed E-state index contributed by atoms with van der Waals surface area (Å²) in [6.07, 6.45) is 2.00. The second kappa shape index (κ2) is 7.25. The Hall–Kier alpha value is -1.76. The predicted octanol–water partition coefficient (Wildman–Crippen LogP) is 2.39. The van der Waals surface area contributed by atoms with Gasteiger partial charge in [0.25, 0.3) is 5.91 Å². The number of piperidine rings is 2. The van der Waals surface area contributed by atoms with Gasteiger partial charge in [0.15, 0.2) is 0 Å². The standard InChI is InChI=1S/C22H28N4OS/c1-2-6-19-23-18(13-28-19)21(27)24-20-16-11-25-9-10-26(12-16)15-22(20,14-25)17-7-4-3-5-8-17/h3-5,7-8,13,16,20H,2,6,9-12,14-15H2,1H3,(H,24,27)/t16?,20-,22?/m0/s1. The Morgan fingerprint density at radius 3 is 2.61 bits per heavy atom. The van der Waals surface area contributed by atoms with E-state index in [4.69, 9.17) is 0 Å². The average molecular weight is 397 g/mol. The molecule has 2 unspecified atom stereocenters. The van der Waals surface area contributed by atoms with Crippen LogP contribution >= 0.6 is 11.3 Å². The zero-order valence-corrected chi connectivity index (χ0v) is 17.3. The fourth-order valence-corrected chi connectivity index (χ4v) is 6.41. The highest BCUT2D eigenvalue weighted by Crippen LogP contribution is 2.43. The van der Waals surface area contributed by atoms with Gasteiger partial charge in [0.05, 0.1) is 5.01 Å². The van der Waals surface area contributed by atoms with Crippen LogP contribution in [-0.4, -0.2) is 66.0 Å². The van der Waals surface area contributed by atoms with Crippen LogP contribution in [0.15, 0.2) is 35.7 Å². The van der Waals surface area contributed by atoms with Gasteiger partial charge in [0.2, 0.25) is 0 Å². The SMILES string of the molecule is CCCc1nc(C(=O)N[C@H]2C3CN4CCN(C3)CC2(c2ccccc2)C4)cs1. The molecule has 4 fully saturated rings. The van der Waals surface area contributed by atoms with Crippen LogP contribution in [-0.2, 0) is 11.8 Å². The van der Waals surface area contributed by atoms with E-state index in [9.17, 15) is 4.79 Å². The molecular formula is C22H28N4OS. The molecule has 1 amide bonds. The van der Waals surface area contributed by atoms with Gasteiger partial charge in [-0.05, 0) is 18.4 Å². The lowest BCUT2D eigenvalue weighted by molar-refractivity contribution is 0.0179. The Balaban J connectivity index is 1.47. The molecular weight excluding hydrogens is 368 g/mol. The monoisotopic (exact) mass is 396 g/mol. The number of hydrogen-bond donors (Lipinski definition) is 1. The molecule has 148 valence electrons. The van der Waals surface area contributed by atoms with Crippen LogP contribution in [0.1, 0.15) is 34.4 Å². The lowest BCUT2D eigenvalue weighted by Crippen LogP contribution is -2.70. The van der Waals surface area contributed by atoms with Gasteiger partial charge < -0.3 is 15.1 Å². The van der Waals surface area contributed by atoms with Crippen LogP contribution in [0, 0.1) is 5.92 Å². The van der Waals surface area contributed by atoms with Crippen LogP contribution in [0.3, 0.4) is 0 Å². The molecule has 1 aromatic heterocycles. The fourth-order valence-electron chi connectivity index (χ4n) is 5.53. The smallest absolute Gasteiger partial charge is 0.271 e. The summed E-state index contributed by atoms with van der Waals surface area (Å²) in [7, 11) is 0. The number of thiazole rings is 1. The molecule has 0 radical (unpaired) electrons. The lowest BCUT2D eigenvalue weighted by Gasteiger charge is -2.55. The van der Waals surface area contributed by atoms with Crippen LogP contribution in [0.5, 0.6) is 0 Å². The van der Waals surface area contributed by atoms with Crippen LogP contribution in [0.2, 0.25) is 0 Å². The van der Waals surface area contributed by atoms with Gasteiger partial charge in [-0.25, -0.2) is 4.98 Å². The zero-order valence-electron chi connectivity index (χ0n) is 16.4. The van der Waals surface area contributed by atoms with Crippen molar-refractivity contribution in [3.63, 3.8) is 0 Å². The summed E-state index contributed by atoms with van der Waals surface area (Å²) in [6.45, 7) is 8.62. The van der Waals surface area contributed by atoms with E-state index >= 15 is 0 Å². The molecule has 4 aliphatic heterocycles. The molecule has 0 aliphatic carbocycles. The van der Waals surface area contributed by atoms with Crippen molar-refractivity contribution >= 4 is 17.2 Å². The molecule has 6 rings (SSSR count). The van der Waals surface area contributed by atoms with Crippen LogP contribution in [0.4, 0.5) is 0 Å². The van der Waals surface area contributed by atoms with Crippen molar-refractivity contribution in [3.05, 3.63) is 52.0 Å². The summed E-state index contributed by atoms with van der Waals surface area (Å²) in [5.41, 5.74) is 1.90. The predicted molar refractivity (Wildman–Crippen MR) is 112 cm³/mol. The minimum atomic E-state index is -0.0448. The number of hydrogen-bond acceptors (Lipinski definition) is 5. The Morgan fingerprint density at radius 2 is 1.93 bits per heavy atom. The summed E-state index contributed by atoms with van der Waals surface area (Å²) in [5.74, 6) is 0.456. The minimum absolute atomic E-state index is 0.00458. The number of nitrogens with one attached hydrogen (secondary N) is 1. The zero-order chi connectivity index (χ0) is 19.1. The molecule has 5 nitrogen and oxygen atoms in total. The van der Waals surface area contributed by atoms with Gasteiger partial charge in [0, 0.05) is 62.0 Å². The summed E-state index contributed by atoms with van der Waals surface area (Å²) < 4.78 is 0. The number of carbonyl (C=O) groups is 1.